The highest BCUT2D eigenvalue weighted by Crippen LogP contribution is 2.29. The van der Waals surface area contributed by atoms with Crippen molar-refractivity contribution in [3.8, 4) is 11.5 Å². The van der Waals surface area contributed by atoms with Gasteiger partial charge in [-0.15, -0.1) is 0 Å². The third-order valence-corrected chi connectivity index (χ3v) is 3.50. The van der Waals surface area contributed by atoms with E-state index >= 15 is 0 Å². The van der Waals surface area contributed by atoms with Crippen LogP contribution in [0.3, 0.4) is 0 Å². The van der Waals surface area contributed by atoms with E-state index in [0.717, 1.165) is 21.5 Å². The van der Waals surface area contributed by atoms with Gasteiger partial charge in [-0.1, -0.05) is 12.1 Å². The number of carbonyl (C=O) groups is 1. The van der Waals surface area contributed by atoms with Gasteiger partial charge in [0.05, 0.1) is 11.6 Å². The number of hydrogen-bond acceptors (Lipinski definition) is 4. The molecule has 2 aromatic rings. The minimum atomic E-state index is -0.319. The zero-order chi connectivity index (χ0) is 15.2. The molecule has 0 aliphatic rings. The molecule has 0 radical (unpaired) electrons. The summed E-state index contributed by atoms with van der Waals surface area (Å²) in [6.07, 6.45) is 0. The molecule has 6 heteroatoms. The minimum absolute atomic E-state index is 0.319. The monoisotopic (exact) mass is 350 g/mol. The summed E-state index contributed by atoms with van der Waals surface area (Å²) in [5.41, 5.74) is 3.55. The molecule has 0 saturated heterocycles. The molecule has 0 heterocycles. The van der Waals surface area contributed by atoms with Gasteiger partial charge in [0.2, 0.25) is 0 Å². The molecule has 0 spiro atoms. The van der Waals surface area contributed by atoms with Gasteiger partial charge >= 0.3 is 0 Å². The molecule has 0 unspecified atom stereocenters. The maximum atomic E-state index is 11.3. The van der Waals surface area contributed by atoms with Crippen LogP contribution in [0, 0.1) is 0 Å². The molecule has 0 aliphatic heterocycles. The van der Waals surface area contributed by atoms with Gasteiger partial charge in [-0.25, -0.2) is 5.84 Å². The van der Waals surface area contributed by atoms with Crippen molar-refractivity contribution in [3.63, 3.8) is 0 Å². The highest BCUT2D eigenvalue weighted by atomic mass is 79.9. The fraction of sp³-hybridized carbons (Fsp3) is 0.133. The maximum absolute atomic E-state index is 11.3. The SMILES string of the molecule is COc1ccc(OCc2ccc(C(=O)NN)cc2)c(Br)c1. The second-order valence-electron chi connectivity index (χ2n) is 4.26. The Morgan fingerprint density at radius 2 is 1.95 bits per heavy atom. The number of hydrogen-bond donors (Lipinski definition) is 2. The van der Waals surface area contributed by atoms with Gasteiger partial charge in [0.1, 0.15) is 18.1 Å². The molecule has 1 amide bonds. The van der Waals surface area contributed by atoms with Gasteiger partial charge in [-0.05, 0) is 51.8 Å². The molecule has 110 valence electrons. The predicted octanol–water partition coefficient (Wildman–Crippen LogP) is 2.64. The first-order chi connectivity index (χ1) is 10.1. The molecular weight excluding hydrogens is 336 g/mol. The molecule has 0 atom stereocenters. The van der Waals surface area contributed by atoms with Gasteiger partial charge in [0.25, 0.3) is 5.91 Å². The lowest BCUT2D eigenvalue weighted by Gasteiger charge is -2.10. The molecule has 3 N–H and O–H groups in total. The smallest absolute Gasteiger partial charge is 0.265 e. The molecule has 0 aromatic heterocycles. The summed E-state index contributed by atoms with van der Waals surface area (Å²) in [6.45, 7) is 0.398. The second kappa shape index (κ2) is 7.10. The minimum Gasteiger partial charge on any atom is -0.497 e. The number of carbonyl (C=O) groups excluding carboxylic acids is 1. The van der Waals surface area contributed by atoms with Crippen LogP contribution < -0.4 is 20.7 Å². The molecule has 2 rings (SSSR count). The van der Waals surface area contributed by atoms with E-state index < -0.39 is 0 Å². The Hall–Kier alpha value is -2.05. The van der Waals surface area contributed by atoms with Crippen LogP contribution in [0.25, 0.3) is 0 Å². The van der Waals surface area contributed by atoms with Gasteiger partial charge < -0.3 is 9.47 Å². The summed E-state index contributed by atoms with van der Waals surface area (Å²) in [6, 6.07) is 12.5. The van der Waals surface area contributed by atoms with Gasteiger partial charge in [-0.3, -0.25) is 10.2 Å². The van der Waals surface area contributed by atoms with Crippen LogP contribution in [0.2, 0.25) is 0 Å². The van der Waals surface area contributed by atoms with Crippen molar-refractivity contribution in [2.75, 3.05) is 7.11 Å². The summed E-state index contributed by atoms with van der Waals surface area (Å²) in [4.78, 5) is 11.3. The Balaban J connectivity index is 2.01. The van der Waals surface area contributed by atoms with Crippen molar-refractivity contribution in [1.82, 2.24) is 5.43 Å². The van der Waals surface area contributed by atoms with Crippen molar-refractivity contribution in [2.24, 2.45) is 5.84 Å². The van der Waals surface area contributed by atoms with Crippen LogP contribution in [-0.4, -0.2) is 13.0 Å². The fourth-order valence-corrected chi connectivity index (χ4v) is 2.19. The van der Waals surface area contributed by atoms with E-state index in [2.05, 4.69) is 21.4 Å². The molecule has 21 heavy (non-hydrogen) atoms. The molecule has 5 nitrogen and oxygen atoms in total. The fourth-order valence-electron chi connectivity index (χ4n) is 1.72. The van der Waals surface area contributed by atoms with E-state index in [9.17, 15) is 4.79 Å². The van der Waals surface area contributed by atoms with Crippen molar-refractivity contribution in [2.45, 2.75) is 6.61 Å². The van der Waals surface area contributed by atoms with E-state index in [1.54, 1.807) is 19.2 Å². The van der Waals surface area contributed by atoms with Gasteiger partial charge in [0.15, 0.2) is 0 Å². The topological polar surface area (TPSA) is 73.6 Å². The Labute approximate surface area is 131 Å². The first-order valence-electron chi connectivity index (χ1n) is 6.20. The number of ether oxygens (including phenoxy) is 2. The summed E-state index contributed by atoms with van der Waals surface area (Å²) in [5.74, 6) is 6.24. The number of nitrogen functional groups attached to an aromatic ring is 1. The average Bonchev–Trinajstić information content (AvgIpc) is 2.53. The highest BCUT2D eigenvalue weighted by molar-refractivity contribution is 9.10. The van der Waals surface area contributed by atoms with Crippen LogP contribution in [0.15, 0.2) is 46.9 Å². The maximum Gasteiger partial charge on any atom is 0.265 e. The molecule has 0 bridgehead atoms. The summed E-state index contributed by atoms with van der Waals surface area (Å²) in [5, 5.41) is 0. The van der Waals surface area contributed by atoms with Gasteiger partial charge in [0, 0.05) is 5.56 Å². The summed E-state index contributed by atoms with van der Waals surface area (Å²) < 4.78 is 11.7. The summed E-state index contributed by atoms with van der Waals surface area (Å²) >= 11 is 3.43. The lowest BCUT2D eigenvalue weighted by atomic mass is 10.1. The van der Waals surface area contributed by atoms with E-state index in [1.807, 2.05) is 30.3 Å². The number of methoxy groups -OCH3 is 1. The zero-order valence-electron chi connectivity index (χ0n) is 11.4. The molecule has 2 aromatic carbocycles. The average molecular weight is 351 g/mol. The van der Waals surface area contributed by atoms with Crippen LogP contribution in [0.5, 0.6) is 11.5 Å². The van der Waals surface area contributed by atoms with Crippen LogP contribution in [0.1, 0.15) is 15.9 Å². The van der Waals surface area contributed by atoms with Gasteiger partial charge in [-0.2, -0.15) is 0 Å². The summed E-state index contributed by atoms with van der Waals surface area (Å²) in [7, 11) is 1.61. The first-order valence-corrected chi connectivity index (χ1v) is 6.99. The highest BCUT2D eigenvalue weighted by Gasteiger charge is 2.05. The molecular formula is C15H15BrN2O3. The van der Waals surface area contributed by atoms with Crippen LogP contribution in [-0.2, 0) is 6.61 Å². The third kappa shape index (κ3) is 3.96. The number of hydrazine groups is 1. The van der Waals surface area contributed by atoms with E-state index in [-0.39, 0.29) is 5.91 Å². The van der Waals surface area contributed by atoms with Crippen molar-refractivity contribution in [1.29, 1.82) is 0 Å². The lowest BCUT2D eigenvalue weighted by Crippen LogP contribution is -2.29. The van der Waals surface area contributed by atoms with E-state index in [0.29, 0.717) is 12.2 Å². The number of amides is 1. The first kappa shape index (κ1) is 15.3. The molecule has 0 saturated carbocycles. The molecule has 0 aliphatic carbocycles. The number of benzene rings is 2. The Bertz CT molecular complexity index is 629. The number of rotatable bonds is 5. The predicted molar refractivity (Wildman–Crippen MR) is 83.1 cm³/mol. The van der Waals surface area contributed by atoms with Crippen LogP contribution >= 0.6 is 15.9 Å². The van der Waals surface area contributed by atoms with E-state index in [4.69, 9.17) is 15.3 Å². The quantitative estimate of drug-likeness (QED) is 0.493. The lowest BCUT2D eigenvalue weighted by molar-refractivity contribution is 0.0953. The zero-order valence-corrected chi connectivity index (χ0v) is 13.0. The standard InChI is InChI=1S/C15H15BrN2O3/c1-20-12-6-7-14(13(16)8-12)21-9-10-2-4-11(5-3-10)15(19)18-17/h2-8H,9,17H2,1H3,(H,18,19). The Kier molecular flexibility index (Phi) is 5.19. The molecule has 0 fully saturated rings. The van der Waals surface area contributed by atoms with Crippen LogP contribution in [0.4, 0.5) is 0 Å². The Morgan fingerprint density at radius 1 is 1.24 bits per heavy atom. The second-order valence-corrected chi connectivity index (χ2v) is 5.11. The van der Waals surface area contributed by atoms with Crippen molar-refractivity contribution >= 4 is 21.8 Å². The Morgan fingerprint density at radius 3 is 2.52 bits per heavy atom. The van der Waals surface area contributed by atoms with E-state index in [1.165, 1.54) is 0 Å². The van der Waals surface area contributed by atoms with Crippen molar-refractivity contribution < 1.29 is 14.3 Å². The largest absolute Gasteiger partial charge is 0.497 e. The number of nitrogens with two attached hydrogens (primary N) is 1. The number of nitrogens with one attached hydrogen (secondary N) is 1. The van der Waals surface area contributed by atoms with Crippen molar-refractivity contribution in [3.05, 3.63) is 58.1 Å². The number of halogens is 1. The normalized spacial score (nSPS) is 10.0. The third-order valence-electron chi connectivity index (χ3n) is 2.88.